The number of rotatable bonds is 5. The summed E-state index contributed by atoms with van der Waals surface area (Å²) in [6.07, 6.45) is 8.36. The van der Waals surface area contributed by atoms with E-state index in [2.05, 4.69) is 10.6 Å². The number of amides is 3. The maximum Gasteiger partial charge on any atom is 0.273 e. The Kier molecular flexibility index (Phi) is 7.20. The Morgan fingerprint density at radius 3 is 2.46 bits per heavy atom. The molecule has 2 aliphatic rings. The fourth-order valence-corrected chi connectivity index (χ4v) is 5.73. The van der Waals surface area contributed by atoms with E-state index < -0.39 is 11.4 Å². The minimum absolute atomic E-state index is 0.0975. The second-order valence-corrected chi connectivity index (χ2v) is 10.4. The van der Waals surface area contributed by atoms with Crippen LogP contribution >= 0.6 is 0 Å². The van der Waals surface area contributed by atoms with E-state index in [1.807, 2.05) is 20.8 Å². The number of benzene rings is 1. The number of hydrogen-bond acceptors (Lipinski definition) is 3. The Bertz CT molecular complexity index is 1140. The van der Waals surface area contributed by atoms with E-state index in [1.54, 1.807) is 15.5 Å². The second kappa shape index (κ2) is 9.99. The van der Waals surface area contributed by atoms with Crippen molar-refractivity contribution < 1.29 is 18.8 Å². The Labute approximate surface area is 206 Å². The van der Waals surface area contributed by atoms with Gasteiger partial charge in [-0.2, -0.15) is 0 Å². The van der Waals surface area contributed by atoms with Crippen LogP contribution in [0.4, 0.5) is 10.1 Å². The molecule has 2 atom stereocenters. The molecule has 4 rings (SSSR count). The van der Waals surface area contributed by atoms with Crippen molar-refractivity contribution in [3.05, 3.63) is 29.7 Å². The highest BCUT2D eigenvalue weighted by Crippen LogP contribution is 2.40. The van der Waals surface area contributed by atoms with Gasteiger partial charge in [-0.25, -0.2) is 4.39 Å². The molecule has 1 fully saturated rings. The molecule has 0 unspecified atom stereocenters. The van der Waals surface area contributed by atoms with E-state index in [1.165, 1.54) is 38.3 Å². The van der Waals surface area contributed by atoms with E-state index in [0.717, 1.165) is 25.7 Å². The number of carbonyl (C=O) groups is 3. The van der Waals surface area contributed by atoms with Gasteiger partial charge in [-0.05, 0) is 51.3 Å². The number of nitrogens with one attached hydrogen (secondary N) is 2. The van der Waals surface area contributed by atoms with Gasteiger partial charge in [-0.15, -0.1) is 0 Å². The van der Waals surface area contributed by atoms with Gasteiger partial charge in [0, 0.05) is 24.4 Å². The van der Waals surface area contributed by atoms with E-state index in [0.29, 0.717) is 23.0 Å². The quantitative estimate of drug-likeness (QED) is 0.628. The first kappa shape index (κ1) is 25.2. The molecule has 2 aromatic rings. The topological polar surface area (TPSA) is 83.4 Å². The smallest absolute Gasteiger partial charge is 0.273 e. The monoisotopic (exact) mass is 484 g/mol. The van der Waals surface area contributed by atoms with Crippen LogP contribution in [0, 0.1) is 5.82 Å². The summed E-state index contributed by atoms with van der Waals surface area (Å²) in [7, 11) is 0. The number of aromatic nitrogens is 1. The lowest BCUT2D eigenvalue weighted by Crippen LogP contribution is -2.67. The minimum atomic E-state index is -1.13. The molecule has 3 amide bonds. The average Bonchev–Trinajstić information content (AvgIpc) is 3.07. The molecule has 1 aromatic heterocycles. The van der Waals surface area contributed by atoms with Crippen LogP contribution in [-0.4, -0.2) is 44.8 Å². The van der Waals surface area contributed by atoms with Crippen molar-refractivity contribution in [3.63, 3.8) is 0 Å². The molecule has 2 heterocycles. The molecule has 0 spiro atoms. The van der Waals surface area contributed by atoms with Gasteiger partial charge in [0.15, 0.2) is 0 Å². The lowest BCUT2D eigenvalue weighted by Gasteiger charge is -2.47. The zero-order chi connectivity index (χ0) is 25.3. The van der Waals surface area contributed by atoms with E-state index in [4.69, 9.17) is 0 Å². The first-order valence-corrected chi connectivity index (χ1v) is 12.9. The average molecular weight is 485 g/mol. The number of carbonyl (C=O) groups excluding carboxylic acids is 3. The number of halogens is 1. The highest BCUT2D eigenvalue weighted by atomic mass is 19.1. The number of hydrogen-bond donors (Lipinski definition) is 2. The minimum Gasteiger partial charge on any atom is -0.351 e. The molecule has 0 bridgehead atoms. The predicted molar refractivity (Wildman–Crippen MR) is 135 cm³/mol. The van der Waals surface area contributed by atoms with Crippen molar-refractivity contribution in [2.45, 2.75) is 103 Å². The first-order valence-electron chi connectivity index (χ1n) is 12.9. The Hall–Kier alpha value is -2.90. The summed E-state index contributed by atoms with van der Waals surface area (Å²) >= 11 is 0. The number of fused-ring (bicyclic) bond motifs is 3. The molecular weight excluding hydrogens is 447 g/mol. The predicted octanol–water partition coefficient (Wildman–Crippen LogP) is 4.98. The Balaban J connectivity index is 1.80. The number of anilines is 1. The van der Waals surface area contributed by atoms with Crippen molar-refractivity contribution in [1.82, 2.24) is 14.8 Å². The summed E-state index contributed by atoms with van der Waals surface area (Å²) in [4.78, 5) is 41.6. The molecule has 0 radical (unpaired) electrons. The lowest BCUT2D eigenvalue weighted by molar-refractivity contribution is -0.135. The summed E-state index contributed by atoms with van der Waals surface area (Å²) in [6.45, 7) is 7.33. The fraction of sp³-hybridized carbons (Fsp3) is 0.593. The van der Waals surface area contributed by atoms with Crippen molar-refractivity contribution in [2.75, 3.05) is 5.32 Å². The summed E-state index contributed by atoms with van der Waals surface area (Å²) in [6, 6.07) is 4.17. The molecule has 1 aliphatic heterocycles. The molecule has 2 N–H and O–H groups in total. The van der Waals surface area contributed by atoms with E-state index in [9.17, 15) is 18.8 Å². The zero-order valence-corrected chi connectivity index (χ0v) is 21.2. The first-order chi connectivity index (χ1) is 16.7. The third kappa shape index (κ3) is 4.67. The van der Waals surface area contributed by atoms with Gasteiger partial charge in [0.05, 0.1) is 17.7 Å². The van der Waals surface area contributed by atoms with Crippen LogP contribution in [0.5, 0.6) is 0 Å². The summed E-state index contributed by atoms with van der Waals surface area (Å²) < 4.78 is 16.0. The van der Waals surface area contributed by atoms with Gasteiger partial charge in [0.25, 0.3) is 5.91 Å². The van der Waals surface area contributed by atoms with Crippen molar-refractivity contribution in [3.8, 4) is 0 Å². The molecule has 190 valence electrons. The highest BCUT2D eigenvalue weighted by Gasteiger charge is 2.50. The standard InChI is InChI=1S/C27H37FN4O3/c1-5-17(2)32-25(34)24-23(29-18(3)33)21-15-19(28)13-14-22(21)31(24)16-27(32,4)26(35)30-20-11-9-7-6-8-10-12-20/h13-15,17,20H,5-12,16H2,1-4H3,(H,29,33)(H,30,35)/t17-,27+/m1/s1. The van der Waals surface area contributed by atoms with Gasteiger partial charge >= 0.3 is 0 Å². The van der Waals surface area contributed by atoms with Crippen LogP contribution in [0.2, 0.25) is 0 Å². The van der Waals surface area contributed by atoms with E-state index in [-0.39, 0.29) is 42.0 Å². The van der Waals surface area contributed by atoms with Gasteiger partial charge < -0.3 is 20.1 Å². The van der Waals surface area contributed by atoms with Crippen molar-refractivity contribution in [2.24, 2.45) is 0 Å². The van der Waals surface area contributed by atoms with Crippen LogP contribution < -0.4 is 10.6 Å². The molecule has 7 nitrogen and oxygen atoms in total. The van der Waals surface area contributed by atoms with Crippen LogP contribution in [0.1, 0.15) is 89.5 Å². The highest BCUT2D eigenvalue weighted by molar-refractivity contribution is 6.14. The fourth-order valence-electron chi connectivity index (χ4n) is 5.73. The molecule has 8 heteroatoms. The molecule has 0 saturated heterocycles. The normalized spacial score (nSPS) is 22.3. The maximum absolute atomic E-state index is 14.2. The molecule has 1 saturated carbocycles. The van der Waals surface area contributed by atoms with Crippen molar-refractivity contribution >= 4 is 34.3 Å². The largest absolute Gasteiger partial charge is 0.351 e. The number of nitrogens with zero attached hydrogens (tertiary/aromatic N) is 2. The maximum atomic E-state index is 14.2. The summed E-state index contributed by atoms with van der Waals surface area (Å²) in [5, 5.41) is 6.49. The lowest BCUT2D eigenvalue weighted by atomic mass is 9.90. The molecule has 1 aliphatic carbocycles. The van der Waals surface area contributed by atoms with Gasteiger partial charge in [0.1, 0.15) is 17.1 Å². The van der Waals surface area contributed by atoms with Gasteiger partial charge in [-0.1, -0.05) is 39.0 Å². The zero-order valence-electron chi connectivity index (χ0n) is 21.2. The van der Waals surface area contributed by atoms with Crippen LogP contribution in [-0.2, 0) is 16.1 Å². The third-order valence-electron chi connectivity index (χ3n) is 7.71. The van der Waals surface area contributed by atoms with Crippen LogP contribution in [0.15, 0.2) is 18.2 Å². The Morgan fingerprint density at radius 2 is 1.83 bits per heavy atom. The summed E-state index contributed by atoms with van der Waals surface area (Å²) in [5.74, 6) is -1.29. The SMILES string of the molecule is CC[C@@H](C)N1C(=O)c2c(NC(C)=O)c3cc(F)ccc3n2C[C@@]1(C)C(=O)NC1CCCCCCC1. The van der Waals surface area contributed by atoms with Gasteiger partial charge in [0.2, 0.25) is 11.8 Å². The van der Waals surface area contributed by atoms with Gasteiger partial charge in [-0.3, -0.25) is 14.4 Å². The van der Waals surface area contributed by atoms with Crippen molar-refractivity contribution in [1.29, 1.82) is 0 Å². The molecule has 35 heavy (non-hydrogen) atoms. The summed E-state index contributed by atoms with van der Waals surface area (Å²) in [5.41, 5.74) is 0.0767. The molecule has 1 aromatic carbocycles. The molecular formula is C27H37FN4O3. The Morgan fingerprint density at radius 1 is 1.17 bits per heavy atom. The third-order valence-corrected chi connectivity index (χ3v) is 7.71. The van der Waals surface area contributed by atoms with E-state index >= 15 is 0 Å². The van der Waals surface area contributed by atoms with Crippen LogP contribution in [0.25, 0.3) is 10.9 Å². The van der Waals surface area contributed by atoms with Crippen LogP contribution in [0.3, 0.4) is 0 Å². The second-order valence-electron chi connectivity index (χ2n) is 10.4.